The van der Waals surface area contributed by atoms with E-state index < -0.39 is 6.09 Å². The molecule has 3 rings (SSSR count). The molecule has 3 N–H and O–H groups in total. The minimum Gasteiger partial charge on any atom is -0.507 e. The van der Waals surface area contributed by atoms with Crippen LogP contribution in [0.5, 0.6) is 5.75 Å². The maximum absolute atomic E-state index is 12.2. The highest BCUT2D eigenvalue weighted by atomic mass is 16.4. The number of anilines is 1. The summed E-state index contributed by atoms with van der Waals surface area (Å²) in [6, 6.07) is 21.6. The number of para-hydroxylation sites is 1. The van der Waals surface area contributed by atoms with E-state index in [1.807, 2.05) is 43.3 Å². The number of aryl methyl sites for hydroxylation is 2. The number of hydrogen-bond donors (Lipinski definition) is 3. The van der Waals surface area contributed by atoms with Gasteiger partial charge >= 0.3 is 6.09 Å². The number of benzene rings is 3. The zero-order valence-corrected chi connectivity index (χ0v) is 17.3. The van der Waals surface area contributed by atoms with Crippen LogP contribution in [0.1, 0.15) is 46.8 Å². The summed E-state index contributed by atoms with van der Waals surface area (Å²) in [5, 5.41) is 20.7. The van der Waals surface area contributed by atoms with Gasteiger partial charge in [0.15, 0.2) is 5.78 Å². The Labute approximate surface area is 177 Å². The number of unbranched alkanes of at least 4 members (excludes halogenated alkanes) is 1. The molecule has 1 amide bonds. The molecule has 0 aliphatic rings. The minimum absolute atomic E-state index is 0.0717. The largest absolute Gasteiger partial charge is 0.507 e. The third kappa shape index (κ3) is 6.78. The first kappa shape index (κ1) is 22.7. The molecule has 3 aromatic rings. The first-order chi connectivity index (χ1) is 14.4. The molecule has 0 aliphatic heterocycles. The molecule has 0 heterocycles. The van der Waals surface area contributed by atoms with Gasteiger partial charge in [-0.15, -0.1) is 0 Å². The highest BCUT2D eigenvalue weighted by Gasteiger charge is 2.13. The SMILES string of the molecule is CCCCc1ccc(C(=O)c2ccccc2)c(O)c1.Cc1ccccc1NC(=O)O. The molecule has 0 aromatic heterocycles. The van der Waals surface area contributed by atoms with Crippen molar-refractivity contribution in [2.24, 2.45) is 0 Å². The summed E-state index contributed by atoms with van der Waals surface area (Å²) in [4.78, 5) is 22.4. The van der Waals surface area contributed by atoms with Crippen molar-refractivity contribution in [1.82, 2.24) is 0 Å². The summed E-state index contributed by atoms with van der Waals surface area (Å²) in [7, 11) is 0. The number of amides is 1. The molecule has 3 aromatic carbocycles. The normalized spacial score (nSPS) is 9.93. The van der Waals surface area contributed by atoms with Crippen molar-refractivity contribution in [3.63, 3.8) is 0 Å². The van der Waals surface area contributed by atoms with Gasteiger partial charge < -0.3 is 10.2 Å². The number of phenols is 1. The zero-order valence-electron chi connectivity index (χ0n) is 17.3. The number of carboxylic acid groups (broad SMARTS) is 1. The van der Waals surface area contributed by atoms with Crippen molar-refractivity contribution < 1.29 is 19.8 Å². The van der Waals surface area contributed by atoms with Crippen LogP contribution >= 0.6 is 0 Å². The van der Waals surface area contributed by atoms with Gasteiger partial charge in [-0.1, -0.05) is 67.9 Å². The minimum atomic E-state index is -1.03. The molecule has 0 bridgehead atoms. The third-order valence-corrected chi connectivity index (χ3v) is 4.55. The lowest BCUT2D eigenvalue weighted by atomic mass is 9.99. The topological polar surface area (TPSA) is 86.6 Å². The number of rotatable bonds is 6. The van der Waals surface area contributed by atoms with E-state index in [0.29, 0.717) is 16.8 Å². The van der Waals surface area contributed by atoms with Crippen molar-refractivity contribution in [3.8, 4) is 5.75 Å². The fourth-order valence-electron chi connectivity index (χ4n) is 2.88. The number of aromatic hydroxyl groups is 1. The van der Waals surface area contributed by atoms with E-state index in [9.17, 15) is 14.7 Å². The van der Waals surface area contributed by atoms with Gasteiger partial charge in [0.25, 0.3) is 0 Å². The number of nitrogens with one attached hydrogen (secondary N) is 1. The van der Waals surface area contributed by atoms with Gasteiger partial charge in [0.05, 0.1) is 5.56 Å². The molecule has 0 fully saturated rings. The van der Waals surface area contributed by atoms with Crippen LogP contribution in [-0.4, -0.2) is 22.1 Å². The summed E-state index contributed by atoms with van der Waals surface area (Å²) >= 11 is 0. The fourth-order valence-corrected chi connectivity index (χ4v) is 2.88. The molecule has 5 nitrogen and oxygen atoms in total. The second kappa shape index (κ2) is 11.4. The first-order valence-electron chi connectivity index (χ1n) is 9.89. The maximum atomic E-state index is 12.2. The lowest BCUT2D eigenvalue weighted by Crippen LogP contribution is -2.07. The highest BCUT2D eigenvalue weighted by molar-refractivity contribution is 6.10. The molecule has 0 radical (unpaired) electrons. The monoisotopic (exact) mass is 405 g/mol. The third-order valence-electron chi connectivity index (χ3n) is 4.55. The molecule has 0 saturated carbocycles. The van der Waals surface area contributed by atoms with Crippen LogP contribution in [0.25, 0.3) is 0 Å². The van der Waals surface area contributed by atoms with Gasteiger partial charge in [0, 0.05) is 11.3 Å². The van der Waals surface area contributed by atoms with Gasteiger partial charge in [0.2, 0.25) is 0 Å². The predicted octanol–water partition coefficient (Wildman–Crippen LogP) is 6.05. The number of carbonyl (C=O) groups excluding carboxylic acids is 1. The molecule has 0 unspecified atom stereocenters. The van der Waals surface area contributed by atoms with Crippen LogP contribution in [0.2, 0.25) is 0 Å². The standard InChI is InChI=1S/C17H18O2.C8H9NO2/c1-2-3-7-13-10-11-15(16(18)12-13)17(19)14-8-5-4-6-9-14;1-6-4-2-3-5-7(6)9-8(10)11/h4-6,8-12,18H,2-3,7H2,1H3;2-5,9H,1H3,(H,10,11). The molecule has 156 valence electrons. The van der Waals surface area contributed by atoms with E-state index >= 15 is 0 Å². The van der Waals surface area contributed by atoms with E-state index in [1.54, 1.807) is 36.4 Å². The van der Waals surface area contributed by atoms with Crippen LogP contribution in [0.15, 0.2) is 72.8 Å². The molecule has 5 heteroatoms. The molecular formula is C25H27NO4. The number of hydrogen-bond acceptors (Lipinski definition) is 3. The summed E-state index contributed by atoms with van der Waals surface area (Å²) in [5.74, 6) is -0.0670. The van der Waals surface area contributed by atoms with Gasteiger partial charge in [-0.3, -0.25) is 10.1 Å². The van der Waals surface area contributed by atoms with Crippen LogP contribution in [0, 0.1) is 6.92 Å². The Morgan fingerprint density at radius 3 is 2.20 bits per heavy atom. The summed E-state index contributed by atoms with van der Waals surface area (Å²) < 4.78 is 0. The second-order valence-corrected chi connectivity index (χ2v) is 6.90. The molecule has 30 heavy (non-hydrogen) atoms. The molecule has 0 saturated heterocycles. The number of carbonyl (C=O) groups is 2. The molecule has 0 spiro atoms. The average Bonchev–Trinajstić information content (AvgIpc) is 2.74. The van der Waals surface area contributed by atoms with Crippen molar-refractivity contribution in [1.29, 1.82) is 0 Å². The predicted molar refractivity (Wildman–Crippen MR) is 119 cm³/mol. The summed E-state index contributed by atoms with van der Waals surface area (Å²) in [5.41, 5.74) is 3.60. The molecule has 0 atom stereocenters. The van der Waals surface area contributed by atoms with E-state index in [-0.39, 0.29) is 11.5 Å². The van der Waals surface area contributed by atoms with Crippen molar-refractivity contribution >= 4 is 17.6 Å². The second-order valence-electron chi connectivity index (χ2n) is 6.90. The van der Waals surface area contributed by atoms with Gasteiger partial charge in [-0.05, 0) is 49.1 Å². The molecular weight excluding hydrogens is 378 g/mol. The maximum Gasteiger partial charge on any atom is 0.409 e. The van der Waals surface area contributed by atoms with E-state index in [4.69, 9.17) is 5.11 Å². The fraction of sp³-hybridized carbons (Fsp3) is 0.200. The van der Waals surface area contributed by atoms with Crippen LogP contribution in [-0.2, 0) is 6.42 Å². The Hall–Kier alpha value is -3.60. The Bertz CT molecular complexity index is 983. The van der Waals surface area contributed by atoms with E-state index in [1.165, 1.54) is 0 Å². The van der Waals surface area contributed by atoms with E-state index in [0.717, 1.165) is 30.4 Å². The first-order valence-corrected chi connectivity index (χ1v) is 9.89. The Balaban J connectivity index is 0.000000248. The van der Waals surface area contributed by atoms with Gasteiger partial charge in [-0.2, -0.15) is 0 Å². The van der Waals surface area contributed by atoms with Crippen molar-refractivity contribution in [3.05, 3.63) is 95.1 Å². The van der Waals surface area contributed by atoms with Gasteiger partial charge in [-0.25, -0.2) is 4.79 Å². The quantitative estimate of drug-likeness (QED) is 0.436. The van der Waals surface area contributed by atoms with E-state index in [2.05, 4.69) is 12.2 Å². The summed E-state index contributed by atoms with van der Waals surface area (Å²) in [6.45, 7) is 3.98. The number of phenolic OH excluding ortho intramolecular Hbond substituents is 1. The van der Waals surface area contributed by atoms with Crippen LogP contribution < -0.4 is 5.32 Å². The average molecular weight is 405 g/mol. The van der Waals surface area contributed by atoms with Crippen molar-refractivity contribution in [2.75, 3.05) is 5.32 Å². The van der Waals surface area contributed by atoms with Crippen LogP contribution in [0.3, 0.4) is 0 Å². The highest BCUT2D eigenvalue weighted by Crippen LogP contribution is 2.23. The molecule has 0 aliphatic carbocycles. The lowest BCUT2D eigenvalue weighted by Gasteiger charge is -2.06. The van der Waals surface area contributed by atoms with Crippen molar-refractivity contribution in [2.45, 2.75) is 33.1 Å². The van der Waals surface area contributed by atoms with Crippen LogP contribution in [0.4, 0.5) is 10.5 Å². The Morgan fingerprint density at radius 1 is 0.933 bits per heavy atom. The lowest BCUT2D eigenvalue weighted by molar-refractivity contribution is 0.103. The smallest absolute Gasteiger partial charge is 0.409 e. The number of ketones is 1. The van der Waals surface area contributed by atoms with Gasteiger partial charge in [0.1, 0.15) is 5.75 Å². The summed E-state index contributed by atoms with van der Waals surface area (Å²) in [6.07, 6.45) is 2.11. The zero-order chi connectivity index (χ0) is 21.9. The Morgan fingerprint density at radius 2 is 1.60 bits per heavy atom. The Kier molecular flexibility index (Phi) is 8.63.